The minimum Gasteiger partial charge on any atom is -0.456 e. The molecule has 0 saturated heterocycles. The van der Waals surface area contributed by atoms with Gasteiger partial charge < -0.3 is 14.0 Å². The van der Waals surface area contributed by atoms with E-state index in [-0.39, 0.29) is 17.7 Å². The van der Waals surface area contributed by atoms with Crippen LogP contribution in [0.5, 0.6) is 0 Å². The Bertz CT molecular complexity index is 1440. The van der Waals surface area contributed by atoms with Crippen LogP contribution in [0.25, 0.3) is 11.2 Å². The number of halogens is 1. The quantitative estimate of drug-likeness (QED) is 0.342. The minimum absolute atomic E-state index is 0.165. The molecular weight excluding hydrogens is 455 g/mol. The van der Waals surface area contributed by atoms with Crippen molar-refractivity contribution >= 4 is 17.1 Å². The van der Waals surface area contributed by atoms with Crippen molar-refractivity contribution in [2.24, 2.45) is 0 Å². The largest absolute Gasteiger partial charge is 0.456 e. The number of hydrogen-bond donors (Lipinski definition) is 0. The monoisotopic (exact) mass is 480 g/mol. The van der Waals surface area contributed by atoms with Crippen LogP contribution in [0.3, 0.4) is 0 Å². The molecular formula is C25H25FN4O5. The van der Waals surface area contributed by atoms with Gasteiger partial charge in [-0.2, -0.15) is 0 Å². The number of ether oxygens (including phenoxy) is 2. The second kappa shape index (κ2) is 10.5. The lowest BCUT2D eigenvalue weighted by Gasteiger charge is -2.15. The fourth-order valence-corrected chi connectivity index (χ4v) is 3.81. The highest BCUT2D eigenvalue weighted by molar-refractivity contribution is 5.72. The predicted octanol–water partition coefficient (Wildman–Crippen LogP) is 2.50. The summed E-state index contributed by atoms with van der Waals surface area (Å²) in [7, 11) is 1.54. The van der Waals surface area contributed by atoms with Gasteiger partial charge >= 0.3 is 11.7 Å². The lowest BCUT2D eigenvalue weighted by atomic mass is 10.1. The normalized spacial score (nSPS) is 12.1. The number of fused-ring (bicyclic) bond motifs is 1. The van der Waals surface area contributed by atoms with Gasteiger partial charge in [0.15, 0.2) is 11.2 Å². The maximum absolute atomic E-state index is 13.4. The van der Waals surface area contributed by atoms with E-state index in [1.807, 2.05) is 30.3 Å². The van der Waals surface area contributed by atoms with Crippen molar-refractivity contribution in [3.05, 3.63) is 98.7 Å². The highest BCUT2D eigenvalue weighted by Gasteiger charge is 2.21. The lowest BCUT2D eigenvalue weighted by molar-refractivity contribution is -0.149. The fourth-order valence-electron chi connectivity index (χ4n) is 3.81. The smallest absolute Gasteiger partial charge is 0.333 e. The fraction of sp³-hybridized carbons (Fsp3) is 0.280. The Morgan fingerprint density at radius 2 is 1.77 bits per heavy atom. The summed E-state index contributed by atoms with van der Waals surface area (Å²) in [6.45, 7) is 1.89. The van der Waals surface area contributed by atoms with Crippen LogP contribution in [0.1, 0.15) is 24.2 Å². The van der Waals surface area contributed by atoms with Gasteiger partial charge in [0.05, 0.1) is 19.5 Å². The van der Waals surface area contributed by atoms with E-state index < -0.39 is 35.7 Å². The third-order valence-electron chi connectivity index (χ3n) is 5.64. The zero-order valence-corrected chi connectivity index (χ0v) is 19.4. The highest BCUT2D eigenvalue weighted by atomic mass is 19.1. The summed E-state index contributed by atoms with van der Waals surface area (Å²) in [4.78, 5) is 43.7. The predicted molar refractivity (Wildman–Crippen MR) is 127 cm³/mol. The van der Waals surface area contributed by atoms with Crippen LogP contribution in [0.4, 0.5) is 4.39 Å². The Hall–Kier alpha value is -4.05. The molecule has 0 saturated carbocycles. The molecule has 35 heavy (non-hydrogen) atoms. The van der Waals surface area contributed by atoms with Crippen LogP contribution in [0, 0.1) is 5.82 Å². The lowest BCUT2D eigenvalue weighted by Crippen LogP contribution is -2.42. The van der Waals surface area contributed by atoms with Crippen LogP contribution in [-0.4, -0.2) is 38.4 Å². The molecule has 182 valence electrons. The molecule has 0 aliphatic carbocycles. The zero-order chi connectivity index (χ0) is 24.9. The Labute approximate surface area is 200 Å². The standard InChI is InChI=1S/C25H25FN4O5/c1-17(19-8-10-20(26)11-9-19)35-21(31)15-30-24(32)22-23(27-16-28(22)12-13-34-2)29(25(30)33)14-18-6-4-3-5-7-18/h3-11,16-17H,12-15H2,1-2H3. The molecule has 1 atom stereocenters. The van der Waals surface area contributed by atoms with Crippen molar-refractivity contribution < 1.29 is 18.7 Å². The van der Waals surface area contributed by atoms with Gasteiger partial charge in [-0.05, 0) is 30.2 Å². The highest BCUT2D eigenvalue weighted by Crippen LogP contribution is 2.17. The maximum Gasteiger partial charge on any atom is 0.333 e. The van der Waals surface area contributed by atoms with Crippen molar-refractivity contribution in [3.63, 3.8) is 0 Å². The summed E-state index contributed by atoms with van der Waals surface area (Å²) in [5.41, 5.74) is 0.520. The molecule has 10 heteroatoms. The number of hydrogen-bond acceptors (Lipinski definition) is 6. The molecule has 2 aromatic heterocycles. The van der Waals surface area contributed by atoms with Crippen molar-refractivity contribution in [3.8, 4) is 0 Å². The Balaban J connectivity index is 1.71. The van der Waals surface area contributed by atoms with Gasteiger partial charge in [-0.15, -0.1) is 0 Å². The summed E-state index contributed by atoms with van der Waals surface area (Å²) in [6, 6.07) is 14.8. The molecule has 0 N–H and O–H groups in total. The van der Waals surface area contributed by atoms with Crippen LogP contribution in [0.15, 0.2) is 70.5 Å². The number of carbonyl (C=O) groups is 1. The third-order valence-corrected chi connectivity index (χ3v) is 5.64. The Kier molecular flexibility index (Phi) is 7.21. The van der Waals surface area contributed by atoms with Crippen LogP contribution >= 0.6 is 0 Å². The molecule has 0 amide bonds. The van der Waals surface area contributed by atoms with E-state index in [0.717, 1.165) is 10.1 Å². The summed E-state index contributed by atoms with van der Waals surface area (Å²) in [5.74, 6) is -1.18. The number of nitrogens with zero attached hydrogens (tertiary/aromatic N) is 4. The minimum atomic E-state index is -0.769. The molecule has 0 fully saturated rings. The van der Waals surface area contributed by atoms with Crippen molar-refractivity contribution in [1.82, 2.24) is 18.7 Å². The van der Waals surface area contributed by atoms with E-state index in [0.29, 0.717) is 18.7 Å². The summed E-state index contributed by atoms with van der Waals surface area (Å²) < 4.78 is 27.6. The van der Waals surface area contributed by atoms with Gasteiger partial charge in [0, 0.05) is 13.7 Å². The average molecular weight is 480 g/mol. The van der Waals surface area contributed by atoms with Gasteiger partial charge in [0.2, 0.25) is 0 Å². The van der Waals surface area contributed by atoms with E-state index in [1.165, 1.54) is 35.2 Å². The second-order valence-corrected chi connectivity index (χ2v) is 8.03. The first-order valence-electron chi connectivity index (χ1n) is 11.1. The number of benzene rings is 2. The van der Waals surface area contributed by atoms with Crippen LogP contribution in [-0.2, 0) is 33.9 Å². The molecule has 2 aromatic carbocycles. The van der Waals surface area contributed by atoms with E-state index in [4.69, 9.17) is 9.47 Å². The van der Waals surface area contributed by atoms with Gasteiger partial charge in [-0.3, -0.25) is 14.2 Å². The molecule has 0 spiro atoms. The van der Waals surface area contributed by atoms with Crippen molar-refractivity contribution in [2.75, 3.05) is 13.7 Å². The van der Waals surface area contributed by atoms with Gasteiger partial charge in [0.25, 0.3) is 5.56 Å². The topological polar surface area (TPSA) is 97.4 Å². The van der Waals surface area contributed by atoms with Gasteiger partial charge in [-0.1, -0.05) is 42.5 Å². The Morgan fingerprint density at radius 1 is 1.06 bits per heavy atom. The zero-order valence-electron chi connectivity index (χ0n) is 19.4. The molecule has 9 nitrogen and oxygen atoms in total. The van der Waals surface area contributed by atoms with E-state index in [1.54, 1.807) is 18.6 Å². The second-order valence-electron chi connectivity index (χ2n) is 8.03. The van der Waals surface area contributed by atoms with E-state index in [9.17, 15) is 18.8 Å². The summed E-state index contributed by atoms with van der Waals surface area (Å²) in [5, 5.41) is 0. The van der Waals surface area contributed by atoms with Gasteiger partial charge in [-0.25, -0.2) is 18.7 Å². The molecule has 0 bridgehead atoms. The molecule has 0 radical (unpaired) electrons. The molecule has 0 aliphatic rings. The van der Waals surface area contributed by atoms with Gasteiger partial charge in [0.1, 0.15) is 18.5 Å². The first-order valence-corrected chi connectivity index (χ1v) is 11.1. The number of imidazole rings is 1. The number of methoxy groups -OCH3 is 1. The molecule has 2 heterocycles. The molecule has 4 aromatic rings. The average Bonchev–Trinajstić information content (AvgIpc) is 3.28. The summed E-state index contributed by atoms with van der Waals surface area (Å²) >= 11 is 0. The third kappa shape index (κ3) is 5.22. The first-order chi connectivity index (χ1) is 16.9. The van der Waals surface area contributed by atoms with E-state index in [2.05, 4.69) is 4.98 Å². The van der Waals surface area contributed by atoms with Crippen molar-refractivity contribution in [1.29, 1.82) is 0 Å². The first kappa shape index (κ1) is 24.1. The summed E-state index contributed by atoms with van der Waals surface area (Å²) in [6.07, 6.45) is 0.784. The Morgan fingerprint density at radius 3 is 2.46 bits per heavy atom. The van der Waals surface area contributed by atoms with E-state index >= 15 is 0 Å². The van der Waals surface area contributed by atoms with Crippen molar-refractivity contribution in [2.45, 2.75) is 32.7 Å². The number of carbonyl (C=O) groups excluding carboxylic acids is 1. The number of esters is 1. The van der Waals surface area contributed by atoms with Crippen LogP contribution in [0.2, 0.25) is 0 Å². The number of aromatic nitrogens is 4. The van der Waals surface area contributed by atoms with Crippen LogP contribution < -0.4 is 11.2 Å². The maximum atomic E-state index is 13.4. The molecule has 0 aliphatic heterocycles. The SMILES string of the molecule is COCCn1cnc2c1c(=O)n(CC(=O)OC(C)c1ccc(F)cc1)c(=O)n2Cc1ccccc1. The molecule has 4 rings (SSSR count). The molecule has 1 unspecified atom stereocenters. The number of rotatable bonds is 9.